The lowest BCUT2D eigenvalue weighted by Crippen LogP contribution is -2.62. The van der Waals surface area contributed by atoms with Crippen LogP contribution in [-0.2, 0) is 54.4 Å². The van der Waals surface area contributed by atoms with E-state index in [1.54, 1.807) is 10.9 Å². The Labute approximate surface area is 281 Å². The van der Waals surface area contributed by atoms with Crippen LogP contribution in [0.15, 0.2) is 6.20 Å². The molecule has 19 heteroatoms. The van der Waals surface area contributed by atoms with Gasteiger partial charge in [-0.15, -0.1) is 10.2 Å². The molecule has 7 N–H and O–H groups in total. The van der Waals surface area contributed by atoms with E-state index in [-0.39, 0.29) is 6.54 Å². The van der Waals surface area contributed by atoms with E-state index >= 15 is 0 Å². The molecule has 2 aromatic rings. The Kier molecular flexibility index (Phi) is 11.6. The van der Waals surface area contributed by atoms with Gasteiger partial charge in [-0.05, 0) is 45.4 Å². The van der Waals surface area contributed by atoms with Gasteiger partial charge in [0.1, 0.15) is 48.4 Å². The molecule has 6 rings (SSSR count). The maximum Gasteiger partial charge on any atom is 0.334 e. The van der Waals surface area contributed by atoms with Crippen LogP contribution in [-0.4, -0.2) is 158 Å². The molecule has 2 saturated heterocycles. The quantitative estimate of drug-likeness (QED) is 0.118. The van der Waals surface area contributed by atoms with Crippen LogP contribution in [0.1, 0.15) is 62.5 Å². The minimum absolute atomic E-state index is 0.300. The fraction of sp³-hybridized carbons (Fsp3) is 0.833. The smallest absolute Gasteiger partial charge is 0.334 e. The highest BCUT2D eigenvalue weighted by atomic mass is 16.7. The lowest BCUT2D eigenvalue weighted by atomic mass is 9.93. The van der Waals surface area contributed by atoms with Crippen LogP contribution in [0, 0.1) is 0 Å². The summed E-state index contributed by atoms with van der Waals surface area (Å²) in [7, 11) is 0. The number of hydrogen-bond donors (Lipinski definition) is 7. The molecule has 0 spiro atoms. The highest BCUT2D eigenvalue weighted by Gasteiger charge is 2.50. The maximum atomic E-state index is 12.3. The number of carboxylic acids is 1. The Hall–Kier alpha value is -2.69. The monoisotopic (exact) mass is 698 g/mol. The van der Waals surface area contributed by atoms with Gasteiger partial charge in [0.15, 0.2) is 18.7 Å². The minimum atomic E-state index is -1.69. The minimum Gasteiger partial charge on any atom is -0.479 e. The molecule has 0 amide bonds. The third-order valence-electron chi connectivity index (χ3n) is 9.73. The van der Waals surface area contributed by atoms with Gasteiger partial charge in [0.05, 0.1) is 55.6 Å². The summed E-state index contributed by atoms with van der Waals surface area (Å²) in [6, 6.07) is 0. The fourth-order valence-electron chi connectivity index (χ4n) is 6.91. The van der Waals surface area contributed by atoms with Gasteiger partial charge in [0.25, 0.3) is 0 Å². The summed E-state index contributed by atoms with van der Waals surface area (Å²) in [4.78, 5) is 12.3. The lowest BCUT2D eigenvalue weighted by molar-refractivity contribution is -0.345. The Morgan fingerprint density at radius 2 is 1.59 bits per heavy atom. The molecule has 19 nitrogen and oxygen atoms in total. The number of fused-ring (bicyclic) bond motifs is 1. The van der Waals surface area contributed by atoms with E-state index in [4.69, 9.17) is 23.7 Å². The summed E-state index contributed by atoms with van der Waals surface area (Å²) in [6.45, 7) is 0.836. The van der Waals surface area contributed by atoms with Crippen molar-refractivity contribution < 1.29 is 64.2 Å². The number of ether oxygens (including phenoxy) is 5. The molecule has 4 aliphatic rings. The van der Waals surface area contributed by atoms with Crippen molar-refractivity contribution in [3.8, 4) is 0 Å². The van der Waals surface area contributed by atoms with Crippen LogP contribution in [0.2, 0.25) is 0 Å². The topological polar surface area (TPSA) is 266 Å². The molecule has 4 heterocycles. The Morgan fingerprint density at radius 3 is 2.29 bits per heavy atom. The highest BCUT2D eigenvalue weighted by Crippen LogP contribution is 2.33. The summed E-state index contributed by atoms with van der Waals surface area (Å²) in [5.74, 6) is -1.39. The molecule has 1 saturated carbocycles. The standard InChI is InChI=1S/C30H46N6O13/c1-14-22(38)24(40)25(41)29(45-14)47-18-8-4-5-9-19(18)48-30-26(42)27(23(39)21(13-37)49-30)46-20(28(43)44)12-35-10-15(31-33-35)11-36-17-7-3-2-6-16(17)32-34-36/h10,14,18-27,29-30,37-42H,2-9,11-13H2,1H3,(H,43,44)/t14-,18+,19+,20-,21+,22+,23-,24+,25-,26+,27-,29-,30+/m0/s1. The van der Waals surface area contributed by atoms with Crippen molar-refractivity contribution in [1.82, 2.24) is 30.0 Å². The SMILES string of the molecule is C[C@@H]1O[C@@H](O[C@@H]2CCCC[C@H]2O[C@@H]2O[C@H](CO)[C@H](O)[C@H](O[C@@H](Cn3cc(Cn4nnc5c4CCCC5)nn3)C(=O)O)[C@H]2O)[C@@H](O)[C@H](O)[C@@H]1O. The van der Waals surface area contributed by atoms with Crippen molar-refractivity contribution in [3.63, 3.8) is 0 Å². The molecule has 2 aliphatic carbocycles. The number of carboxylic acid groups (broad SMARTS) is 1. The summed E-state index contributed by atoms with van der Waals surface area (Å²) < 4.78 is 32.3. The van der Waals surface area contributed by atoms with Crippen molar-refractivity contribution >= 4 is 5.97 Å². The molecule has 13 atom stereocenters. The molecule has 2 aliphatic heterocycles. The van der Waals surface area contributed by atoms with Gasteiger partial charge in [-0.25, -0.2) is 14.2 Å². The molecule has 2 aromatic heterocycles. The average Bonchev–Trinajstić information content (AvgIpc) is 3.72. The molecular formula is C30H46N6O13. The molecule has 3 fully saturated rings. The Bertz CT molecular complexity index is 1400. The zero-order valence-corrected chi connectivity index (χ0v) is 27.1. The second-order valence-electron chi connectivity index (χ2n) is 13.2. The van der Waals surface area contributed by atoms with Gasteiger partial charge in [0.2, 0.25) is 0 Å². The van der Waals surface area contributed by atoms with Gasteiger partial charge < -0.3 is 59.4 Å². The van der Waals surface area contributed by atoms with Crippen molar-refractivity contribution in [2.75, 3.05) is 6.61 Å². The number of aliphatic hydroxyl groups is 6. The van der Waals surface area contributed by atoms with E-state index in [1.165, 1.54) is 11.6 Å². The number of aryl methyl sites for hydroxylation is 1. The summed E-state index contributed by atoms with van der Waals surface area (Å²) in [5, 5.41) is 89.6. The number of carbonyl (C=O) groups is 1. The number of hydrogen-bond acceptors (Lipinski definition) is 16. The van der Waals surface area contributed by atoms with Crippen molar-refractivity contribution in [2.24, 2.45) is 0 Å². The number of rotatable bonds is 12. The molecule has 0 unspecified atom stereocenters. The first-order valence-electron chi connectivity index (χ1n) is 16.9. The summed E-state index contributed by atoms with van der Waals surface area (Å²) in [6.07, 6.45) is -9.23. The van der Waals surface area contributed by atoms with Crippen LogP contribution in [0.25, 0.3) is 0 Å². The van der Waals surface area contributed by atoms with Gasteiger partial charge in [0, 0.05) is 0 Å². The van der Waals surface area contributed by atoms with Crippen LogP contribution < -0.4 is 0 Å². The first-order chi connectivity index (χ1) is 23.5. The third kappa shape index (κ3) is 7.96. The van der Waals surface area contributed by atoms with E-state index < -0.39 is 92.3 Å². The second kappa shape index (κ2) is 15.7. The molecule has 0 radical (unpaired) electrons. The first kappa shape index (κ1) is 36.1. The number of aliphatic carboxylic acids is 1. The second-order valence-corrected chi connectivity index (χ2v) is 13.2. The predicted octanol–water partition coefficient (Wildman–Crippen LogP) is -2.75. The Morgan fingerprint density at radius 1 is 0.898 bits per heavy atom. The van der Waals surface area contributed by atoms with Crippen molar-refractivity contribution in [1.29, 1.82) is 0 Å². The molecule has 49 heavy (non-hydrogen) atoms. The van der Waals surface area contributed by atoms with Gasteiger partial charge in [-0.1, -0.05) is 23.3 Å². The number of nitrogens with zero attached hydrogens (tertiary/aromatic N) is 6. The van der Waals surface area contributed by atoms with E-state index in [0.29, 0.717) is 25.1 Å². The van der Waals surface area contributed by atoms with Crippen molar-refractivity contribution in [2.45, 2.75) is 151 Å². The predicted molar refractivity (Wildman–Crippen MR) is 160 cm³/mol. The van der Waals surface area contributed by atoms with Gasteiger partial charge >= 0.3 is 5.97 Å². The third-order valence-corrected chi connectivity index (χ3v) is 9.73. The number of aliphatic hydroxyl groups excluding tert-OH is 6. The normalized spacial score (nSPS) is 37.4. The number of aromatic nitrogens is 6. The molecule has 0 aromatic carbocycles. The average molecular weight is 699 g/mol. The lowest BCUT2D eigenvalue weighted by Gasteiger charge is -2.45. The van der Waals surface area contributed by atoms with Crippen LogP contribution in [0.3, 0.4) is 0 Å². The Balaban J connectivity index is 1.11. The van der Waals surface area contributed by atoms with Gasteiger partial charge in [-0.3, -0.25) is 0 Å². The van der Waals surface area contributed by atoms with E-state index in [2.05, 4.69) is 20.6 Å². The van der Waals surface area contributed by atoms with Crippen molar-refractivity contribution in [3.05, 3.63) is 23.3 Å². The zero-order chi connectivity index (χ0) is 34.8. The first-order valence-corrected chi connectivity index (χ1v) is 16.9. The van der Waals surface area contributed by atoms with Crippen LogP contribution >= 0.6 is 0 Å². The van der Waals surface area contributed by atoms with E-state index in [1.807, 2.05) is 0 Å². The molecule has 274 valence electrons. The van der Waals surface area contributed by atoms with E-state index in [9.17, 15) is 40.5 Å². The molecular weight excluding hydrogens is 652 g/mol. The molecule has 0 bridgehead atoms. The summed E-state index contributed by atoms with van der Waals surface area (Å²) >= 11 is 0. The maximum absolute atomic E-state index is 12.3. The highest BCUT2D eigenvalue weighted by molar-refractivity contribution is 5.72. The fourth-order valence-corrected chi connectivity index (χ4v) is 6.91. The summed E-state index contributed by atoms with van der Waals surface area (Å²) in [5.41, 5.74) is 2.54. The van der Waals surface area contributed by atoms with Crippen LogP contribution in [0.5, 0.6) is 0 Å². The zero-order valence-electron chi connectivity index (χ0n) is 27.1. The van der Waals surface area contributed by atoms with E-state index in [0.717, 1.165) is 49.9 Å². The van der Waals surface area contributed by atoms with Crippen LogP contribution in [0.4, 0.5) is 0 Å². The largest absolute Gasteiger partial charge is 0.479 e. The van der Waals surface area contributed by atoms with Gasteiger partial charge in [-0.2, -0.15) is 0 Å².